The molecule has 0 atom stereocenters. The van der Waals surface area contributed by atoms with Gasteiger partial charge in [0.25, 0.3) is 0 Å². The molecule has 4 aromatic rings. The van der Waals surface area contributed by atoms with E-state index in [1.165, 1.54) is 10.8 Å². The standard InChI is InChI=1S/C16H11BO2/c18-17-12-5-6-15-14(9-12)13-7-10-3-1-2-4-11(10)8-16(13)19-15/h1-9,17-18H. The lowest BCUT2D eigenvalue weighted by Gasteiger charge is -1.97. The van der Waals surface area contributed by atoms with Gasteiger partial charge in [-0.15, -0.1) is 0 Å². The van der Waals surface area contributed by atoms with Crippen LogP contribution in [0.25, 0.3) is 32.7 Å². The third-order valence-electron chi connectivity index (χ3n) is 3.58. The third kappa shape index (κ3) is 1.55. The van der Waals surface area contributed by atoms with E-state index in [1.807, 2.05) is 30.3 Å². The van der Waals surface area contributed by atoms with Crippen LogP contribution in [0.4, 0.5) is 0 Å². The molecular formula is C16H11BO2. The van der Waals surface area contributed by atoms with Crippen molar-refractivity contribution in [3.05, 3.63) is 54.6 Å². The van der Waals surface area contributed by atoms with Crippen LogP contribution in [0, 0.1) is 0 Å². The highest BCUT2D eigenvalue weighted by Gasteiger charge is 2.08. The molecule has 19 heavy (non-hydrogen) atoms. The van der Waals surface area contributed by atoms with E-state index >= 15 is 0 Å². The number of rotatable bonds is 1. The zero-order valence-corrected chi connectivity index (χ0v) is 10.3. The second-order valence-corrected chi connectivity index (χ2v) is 4.79. The predicted molar refractivity (Wildman–Crippen MR) is 80.2 cm³/mol. The number of benzene rings is 3. The fourth-order valence-electron chi connectivity index (χ4n) is 2.61. The SMILES string of the molecule is OBc1ccc2oc3cc4ccccc4cc3c2c1. The summed E-state index contributed by atoms with van der Waals surface area (Å²) in [4.78, 5) is 0. The van der Waals surface area contributed by atoms with Gasteiger partial charge in [-0.05, 0) is 29.0 Å². The van der Waals surface area contributed by atoms with Crippen molar-refractivity contribution in [1.29, 1.82) is 0 Å². The lowest BCUT2D eigenvalue weighted by molar-refractivity contribution is 0.615. The Bertz CT molecular complexity index is 908. The Labute approximate surface area is 110 Å². The number of hydrogen-bond donors (Lipinski definition) is 1. The Balaban J connectivity index is 2.17. The van der Waals surface area contributed by atoms with Crippen LogP contribution >= 0.6 is 0 Å². The molecule has 0 fully saturated rings. The number of hydrogen-bond acceptors (Lipinski definition) is 2. The van der Waals surface area contributed by atoms with Crippen LogP contribution in [-0.2, 0) is 0 Å². The van der Waals surface area contributed by atoms with E-state index in [1.54, 1.807) is 0 Å². The molecule has 0 saturated carbocycles. The zero-order valence-electron chi connectivity index (χ0n) is 10.3. The van der Waals surface area contributed by atoms with Crippen molar-refractivity contribution in [2.24, 2.45) is 0 Å². The quantitative estimate of drug-likeness (QED) is 0.524. The Morgan fingerprint density at radius 2 is 1.53 bits per heavy atom. The minimum absolute atomic E-state index is 0.0518. The van der Waals surface area contributed by atoms with Crippen LogP contribution in [0.3, 0.4) is 0 Å². The van der Waals surface area contributed by atoms with Crippen LogP contribution < -0.4 is 5.46 Å². The van der Waals surface area contributed by atoms with E-state index in [2.05, 4.69) is 24.3 Å². The van der Waals surface area contributed by atoms with Gasteiger partial charge in [-0.1, -0.05) is 41.9 Å². The first-order valence-corrected chi connectivity index (χ1v) is 6.30. The van der Waals surface area contributed by atoms with Crippen molar-refractivity contribution in [3.63, 3.8) is 0 Å². The maximum Gasteiger partial charge on any atom is 0.304 e. The Morgan fingerprint density at radius 1 is 0.789 bits per heavy atom. The number of fused-ring (bicyclic) bond motifs is 4. The molecule has 0 aliphatic heterocycles. The lowest BCUT2D eigenvalue weighted by Crippen LogP contribution is -2.11. The Kier molecular flexibility index (Phi) is 2.17. The fraction of sp³-hybridized carbons (Fsp3) is 0. The summed E-state index contributed by atoms with van der Waals surface area (Å²) in [6.07, 6.45) is 0. The summed E-state index contributed by atoms with van der Waals surface area (Å²) in [7, 11) is 0.0518. The van der Waals surface area contributed by atoms with Crippen LogP contribution in [0.5, 0.6) is 0 Å². The molecule has 0 saturated heterocycles. The first kappa shape index (κ1) is 10.6. The van der Waals surface area contributed by atoms with Gasteiger partial charge in [-0.3, -0.25) is 0 Å². The summed E-state index contributed by atoms with van der Waals surface area (Å²) >= 11 is 0. The molecule has 1 aromatic heterocycles. The van der Waals surface area contributed by atoms with Gasteiger partial charge in [-0.2, -0.15) is 0 Å². The molecule has 0 spiro atoms. The second kappa shape index (κ2) is 3.87. The Hall–Kier alpha value is -2.26. The number of furan rings is 1. The van der Waals surface area contributed by atoms with Crippen LogP contribution in [-0.4, -0.2) is 12.5 Å². The zero-order chi connectivity index (χ0) is 12.8. The van der Waals surface area contributed by atoms with Gasteiger partial charge in [0, 0.05) is 10.8 Å². The highest BCUT2D eigenvalue weighted by molar-refractivity contribution is 6.46. The minimum atomic E-state index is 0.0518. The molecule has 90 valence electrons. The summed E-state index contributed by atoms with van der Waals surface area (Å²) in [6, 6.07) is 18.3. The monoisotopic (exact) mass is 246 g/mol. The molecule has 0 radical (unpaired) electrons. The third-order valence-corrected chi connectivity index (χ3v) is 3.58. The highest BCUT2D eigenvalue weighted by Crippen LogP contribution is 2.31. The maximum absolute atomic E-state index is 9.25. The second-order valence-electron chi connectivity index (χ2n) is 4.79. The van der Waals surface area contributed by atoms with Crippen molar-refractivity contribution in [1.82, 2.24) is 0 Å². The van der Waals surface area contributed by atoms with Gasteiger partial charge in [0.2, 0.25) is 0 Å². The van der Waals surface area contributed by atoms with Gasteiger partial charge in [0.15, 0.2) is 0 Å². The summed E-state index contributed by atoms with van der Waals surface area (Å²) in [6.45, 7) is 0. The summed E-state index contributed by atoms with van der Waals surface area (Å²) in [5, 5.41) is 13.8. The highest BCUT2D eigenvalue weighted by atomic mass is 16.3. The van der Waals surface area contributed by atoms with E-state index in [9.17, 15) is 5.02 Å². The van der Waals surface area contributed by atoms with Gasteiger partial charge < -0.3 is 9.44 Å². The molecule has 1 heterocycles. The molecule has 0 amide bonds. The van der Waals surface area contributed by atoms with Crippen molar-refractivity contribution in [2.45, 2.75) is 0 Å². The molecule has 0 aliphatic rings. The minimum Gasteiger partial charge on any atom is -0.456 e. The molecule has 0 aliphatic carbocycles. The maximum atomic E-state index is 9.25. The van der Waals surface area contributed by atoms with Crippen molar-refractivity contribution in [3.8, 4) is 0 Å². The van der Waals surface area contributed by atoms with E-state index in [4.69, 9.17) is 4.42 Å². The smallest absolute Gasteiger partial charge is 0.304 e. The van der Waals surface area contributed by atoms with Crippen LogP contribution in [0.15, 0.2) is 59.0 Å². The molecule has 2 nitrogen and oxygen atoms in total. The molecule has 3 heteroatoms. The summed E-state index contributed by atoms with van der Waals surface area (Å²) in [5.74, 6) is 0. The molecular weight excluding hydrogens is 235 g/mol. The molecule has 3 aromatic carbocycles. The van der Waals surface area contributed by atoms with Crippen LogP contribution in [0.2, 0.25) is 0 Å². The van der Waals surface area contributed by atoms with Gasteiger partial charge in [0.05, 0.1) is 0 Å². The molecule has 1 N–H and O–H groups in total. The average molecular weight is 246 g/mol. The summed E-state index contributed by atoms with van der Waals surface area (Å²) < 4.78 is 5.88. The summed E-state index contributed by atoms with van der Waals surface area (Å²) in [5.41, 5.74) is 2.66. The van der Waals surface area contributed by atoms with E-state index < -0.39 is 0 Å². The largest absolute Gasteiger partial charge is 0.456 e. The predicted octanol–water partition coefficient (Wildman–Crippen LogP) is 2.71. The average Bonchev–Trinajstić information content (AvgIpc) is 2.81. The molecule has 0 bridgehead atoms. The normalized spacial score (nSPS) is 11.4. The van der Waals surface area contributed by atoms with E-state index in [-0.39, 0.29) is 7.48 Å². The van der Waals surface area contributed by atoms with Crippen molar-refractivity contribution in [2.75, 3.05) is 0 Å². The van der Waals surface area contributed by atoms with Gasteiger partial charge >= 0.3 is 7.48 Å². The first-order chi connectivity index (χ1) is 9.35. The topological polar surface area (TPSA) is 33.4 Å². The van der Waals surface area contributed by atoms with Gasteiger partial charge in [0.1, 0.15) is 11.2 Å². The van der Waals surface area contributed by atoms with Gasteiger partial charge in [-0.25, -0.2) is 0 Å². The van der Waals surface area contributed by atoms with E-state index in [0.29, 0.717) is 0 Å². The first-order valence-electron chi connectivity index (χ1n) is 6.30. The molecule has 4 rings (SSSR count). The molecule has 0 unspecified atom stereocenters. The van der Waals surface area contributed by atoms with Crippen molar-refractivity contribution < 1.29 is 9.44 Å². The van der Waals surface area contributed by atoms with Crippen LogP contribution in [0.1, 0.15) is 0 Å². The Morgan fingerprint density at radius 3 is 2.32 bits per heavy atom. The fourth-order valence-corrected chi connectivity index (χ4v) is 2.61. The van der Waals surface area contributed by atoms with E-state index in [0.717, 1.165) is 27.4 Å². The lowest BCUT2D eigenvalue weighted by atomic mass is 9.88. The van der Waals surface area contributed by atoms with Crippen molar-refractivity contribution >= 4 is 45.7 Å².